The molecular formula is C44H35N3Si. The number of benzene rings is 8. The summed E-state index contributed by atoms with van der Waals surface area (Å²) in [5.74, 6) is 0. The molecule has 8 rings (SSSR count). The van der Waals surface area contributed by atoms with Gasteiger partial charge in [0.1, 0.15) is 0 Å². The van der Waals surface area contributed by atoms with Crippen LogP contribution >= 0.6 is 0 Å². The van der Waals surface area contributed by atoms with Crippen LogP contribution in [0.5, 0.6) is 0 Å². The van der Waals surface area contributed by atoms with Gasteiger partial charge in [-0.3, -0.25) is 0 Å². The summed E-state index contributed by atoms with van der Waals surface area (Å²) in [6.07, 6.45) is 0. The smallest absolute Gasteiger partial charge is 0.0992 e. The maximum atomic E-state index is 9.76. The maximum Gasteiger partial charge on any atom is 0.0992 e. The van der Waals surface area contributed by atoms with Gasteiger partial charge in [-0.25, -0.2) is 0 Å². The normalized spacial score (nSPS) is 11.6. The molecule has 0 heterocycles. The van der Waals surface area contributed by atoms with Crippen LogP contribution in [0.25, 0.3) is 32.3 Å². The van der Waals surface area contributed by atoms with Crippen LogP contribution in [0.3, 0.4) is 0 Å². The van der Waals surface area contributed by atoms with Gasteiger partial charge in [0.25, 0.3) is 0 Å². The lowest BCUT2D eigenvalue weighted by Gasteiger charge is -2.30. The molecule has 0 N–H and O–H groups in total. The van der Waals surface area contributed by atoms with Crippen molar-refractivity contribution >= 4 is 79.7 Å². The molecule has 0 saturated heterocycles. The Balaban J connectivity index is 1.40. The minimum absolute atomic E-state index is 0.634. The second-order valence-corrected chi connectivity index (χ2v) is 18.5. The SMILES string of the molecule is C[Si](C)(C)c1cccc(N(c2ccccc2)c2ccc3ccc4c(N(c5ccccc5)c5cccc(C#N)c5)ccc5ccc2c3c54)c1. The van der Waals surface area contributed by atoms with E-state index in [0.717, 1.165) is 28.4 Å². The van der Waals surface area contributed by atoms with Crippen LogP contribution in [0, 0.1) is 11.3 Å². The molecule has 0 aliphatic rings. The van der Waals surface area contributed by atoms with Crippen molar-refractivity contribution in [1.82, 2.24) is 0 Å². The molecule has 0 saturated carbocycles. The van der Waals surface area contributed by atoms with Gasteiger partial charge in [0.15, 0.2) is 0 Å². The summed E-state index contributed by atoms with van der Waals surface area (Å²) in [5, 5.41) is 18.5. The molecule has 0 atom stereocenters. The number of anilines is 6. The highest BCUT2D eigenvalue weighted by Crippen LogP contribution is 2.47. The highest BCUT2D eigenvalue weighted by atomic mass is 28.3. The van der Waals surface area contributed by atoms with Crippen molar-refractivity contribution in [2.45, 2.75) is 19.6 Å². The van der Waals surface area contributed by atoms with Gasteiger partial charge in [0, 0.05) is 33.5 Å². The Labute approximate surface area is 282 Å². The minimum atomic E-state index is -1.55. The van der Waals surface area contributed by atoms with Gasteiger partial charge < -0.3 is 9.80 Å². The second kappa shape index (κ2) is 11.7. The lowest BCUT2D eigenvalue weighted by Crippen LogP contribution is -2.37. The highest BCUT2D eigenvalue weighted by Gasteiger charge is 2.23. The van der Waals surface area contributed by atoms with Gasteiger partial charge in [-0.05, 0) is 88.3 Å². The number of rotatable bonds is 7. The quantitative estimate of drug-likeness (QED) is 0.129. The first kappa shape index (κ1) is 29.5. The van der Waals surface area contributed by atoms with E-state index in [4.69, 9.17) is 0 Å². The third-order valence-electron chi connectivity index (χ3n) is 9.33. The second-order valence-electron chi connectivity index (χ2n) is 13.4. The molecule has 0 bridgehead atoms. The van der Waals surface area contributed by atoms with Crippen LogP contribution < -0.4 is 15.0 Å². The number of hydrogen-bond acceptors (Lipinski definition) is 3. The molecule has 230 valence electrons. The molecule has 3 nitrogen and oxygen atoms in total. The fraction of sp³-hybridized carbons (Fsp3) is 0.0682. The molecule has 0 aliphatic heterocycles. The van der Waals surface area contributed by atoms with E-state index in [-0.39, 0.29) is 0 Å². The fourth-order valence-electron chi connectivity index (χ4n) is 6.99. The van der Waals surface area contributed by atoms with Gasteiger partial charge in [0.05, 0.1) is 31.1 Å². The molecule has 48 heavy (non-hydrogen) atoms. The zero-order chi connectivity index (χ0) is 32.8. The highest BCUT2D eigenvalue weighted by molar-refractivity contribution is 6.88. The molecule has 0 radical (unpaired) electrons. The van der Waals surface area contributed by atoms with Gasteiger partial charge in [-0.1, -0.05) is 116 Å². The zero-order valence-electron chi connectivity index (χ0n) is 27.4. The van der Waals surface area contributed by atoms with Crippen LogP contribution in [0.4, 0.5) is 34.1 Å². The van der Waals surface area contributed by atoms with Crippen molar-refractivity contribution in [2.75, 3.05) is 9.80 Å². The van der Waals surface area contributed by atoms with Crippen molar-refractivity contribution in [3.63, 3.8) is 0 Å². The van der Waals surface area contributed by atoms with Crippen LogP contribution in [0.2, 0.25) is 19.6 Å². The Morgan fingerprint density at radius 3 is 1.42 bits per heavy atom. The molecule has 0 aromatic heterocycles. The van der Waals surface area contributed by atoms with Crippen LogP contribution in [-0.2, 0) is 0 Å². The predicted molar refractivity (Wildman–Crippen MR) is 207 cm³/mol. The summed E-state index contributed by atoms with van der Waals surface area (Å²) in [7, 11) is -1.55. The Bertz CT molecular complexity index is 2460. The largest absolute Gasteiger partial charge is 0.310 e. The van der Waals surface area contributed by atoms with Crippen molar-refractivity contribution < 1.29 is 0 Å². The average molecular weight is 634 g/mol. The summed E-state index contributed by atoms with van der Waals surface area (Å²) in [6.45, 7) is 7.21. The van der Waals surface area contributed by atoms with Crippen molar-refractivity contribution in [2.24, 2.45) is 0 Å². The van der Waals surface area contributed by atoms with E-state index in [1.54, 1.807) is 0 Å². The van der Waals surface area contributed by atoms with Crippen molar-refractivity contribution in [3.05, 3.63) is 163 Å². The third-order valence-corrected chi connectivity index (χ3v) is 11.4. The maximum absolute atomic E-state index is 9.76. The summed E-state index contributed by atoms with van der Waals surface area (Å²) in [5.41, 5.74) is 7.16. The van der Waals surface area contributed by atoms with Crippen LogP contribution in [0.1, 0.15) is 5.56 Å². The van der Waals surface area contributed by atoms with E-state index < -0.39 is 8.07 Å². The first-order valence-electron chi connectivity index (χ1n) is 16.4. The van der Waals surface area contributed by atoms with Gasteiger partial charge in [-0.15, -0.1) is 0 Å². The summed E-state index contributed by atoms with van der Waals surface area (Å²) >= 11 is 0. The molecule has 0 spiro atoms. The van der Waals surface area contributed by atoms with E-state index in [1.165, 1.54) is 43.2 Å². The summed E-state index contributed by atoms with van der Waals surface area (Å²) < 4.78 is 0. The van der Waals surface area contributed by atoms with Gasteiger partial charge in [-0.2, -0.15) is 5.26 Å². The van der Waals surface area contributed by atoms with E-state index in [1.807, 2.05) is 24.3 Å². The topological polar surface area (TPSA) is 30.3 Å². The molecular weight excluding hydrogens is 599 g/mol. The minimum Gasteiger partial charge on any atom is -0.310 e. The Morgan fingerprint density at radius 2 is 0.917 bits per heavy atom. The standard InChI is InChI=1S/C44H35N3Si/c1-48(2,3)38-19-11-18-37(29-38)47(35-15-8-5-9-16-35)42-27-23-33-20-24-39-41(26-22-32-21-25-40(42)44(33)43(32)39)46(34-13-6-4-7-14-34)36-17-10-12-31(28-36)30-45/h4-29H,1-3H3. The third kappa shape index (κ3) is 5.06. The molecule has 8 aromatic carbocycles. The van der Waals surface area contributed by atoms with E-state index in [9.17, 15) is 5.26 Å². The van der Waals surface area contributed by atoms with Crippen LogP contribution in [0.15, 0.2) is 158 Å². The lowest BCUT2D eigenvalue weighted by atomic mass is 9.91. The predicted octanol–water partition coefficient (Wildman–Crippen LogP) is 11.9. The van der Waals surface area contributed by atoms with Crippen molar-refractivity contribution in [1.29, 1.82) is 5.26 Å². The first-order chi connectivity index (χ1) is 23.4. The lowest BCUT2D eigenvalue weighted by molar-refractivity contribution is 1.29. The summed E-state index contributed by atoms with van der Waals surface area (Å²) in [4.78, 5) is 4.69. The van der Waals surface area contributed by atoms with E-state index >= 15 is 0 Å². The zero-order valence-corrected chi connectivity index (χ0v) is 28.4. The molecule has 8 aromatic rings. The number of nitrogens with zero attached hydrogens (tertiary/aromatic N) is 3. The molecule has 0 aliphatic carbocycles. The van der Waals surface area contributed by atoms with E-state index in [2.05, 4.69) is 169 Å². The molecule has 0 unspecified atom stereocenters. The Kier molecular flexibility index (Phi) is 7.21. The van der Waals surface area contributed by atoms with Crippen LogP contribution in [-0.4, -0.2) is 8.07 Å². The van der Waals surface area contributed by atoms with Gasteiger partial charge in [0.2, 0.25) is 0 Å². The van der Waals surface area contributed by atoms with Gasteiger partial charge >= 0.3 is 0 Å². The molecule has 4 heteroatoms. The number of para-hydroxylation sites is 2. The monoisotopic (exact) mass is 633 g/mol. The molecule has 0 amide bonds. The number of nitriles is 1. The van der Waals surface area contributed by atoms with E-state index in [0.29, 0.717) is 5.56 Å². The first-order valence-corrected chi connectivity index (χ1v) is 19.9. The molecule has 0 fully saturated rings. The average Bonchev–Trinajstić information content (AvgIpc) is 3.12. The number of hydrogen-bond donors (Lipinski definition) is 0. The summed E-state index contributed by atoms with van der Waals surface area (Å²) in [6, 6.07) is 58.5. The Morgan fingerprint density at radius 1 is 0.458 bits per heavy atom. The van der Waals surface area contributed by atoms with Crippen molar-refractivity contribution in [3.8, 4) is 6.07 Å². The Hall–Kier alpha value is -5.89. The fourth-order valence-corrected chi connectivity index (χ4v) is 8.17.